The first kappa shape index (κ1) is 14.6. The maximum absolute atomic E-state index is 6.03. The van der Waals surface area contributed by atoms with E-state index < -0.39 is 0 Å². The van der Waals surface area contributed by atoms with Gasteiger partial charge >= 0.3 is 0 Å². The van der Waals surface area contributed by atoms with E-state index in [1.165, 1.54) is 11.1 Å². The second-order valence-electron chi connectivity index (χ2n) is 5.46. The molecule has 1 aromatic carbocycles. The Hall–Kier alpha value is -1.29. The van der Waals surface area contributed by atoms with Gasteiger partial charge in [-0.2, -0.15) is 0 Å². The molecule has 1 aromatic heterocycles. The fourth-order valence-electron chi connectivity index (χ4n) is 2.78. The van der Waals surface area contributed by atoms with Gasteiger partial charge in [-0.25, -0.2) is 0 Å². The highest BCUT2D eigenvalue weighted by atomic mass is 35.5. The quantitative estimate of drug-likeness (QED) is 0.794. The van der Waals surface area contributed by atoms with Crippen molar-refractivity contribution < 1.29 is 9.15 Å². The molecule has 1 heterocycles. The summed E-state index contributed by atoms with van der Waals surface area (Å²) in [5.74, 6) is 0.881. The van der Waals surface area contributed by atoms with Gasteiger partial charge in [0.05, 0.1) is 6.26 Å². The smallest absolute Gasteiger partial charge is 0.129 e. The minimum Gasteiger partial charge on any atom is -0.467 e. The van der Waals surface area contributed by atoms with Crippen LogP contribution in [0.3, 0.4) is 0 Å². The van der Waals surface area contributed by atoms with Crippen LogP contribution in [0.15, 0.2) is 41.0 Å². The molecule has 4 heteroatoms. The SMILES string of the molecule is Clc1ccc2c(c1)CC(NCCCOCc1ccco1)C2. The largest absolute Gasteiger partial charge is 0.467 e. The monoisotopic (exact) mass is 305 g/mol. The van der Waals surface area contributed by atoms with Crippen molar-refractivity contribution in [2.75, 3.05) is 13.2 Å². The third-order valence-electron chi connectivity index (χ3n) is 3.82. The first-order valence-corrected chi connectivity index (χ1v) is 7.80. The van der Waals surface area contributed by atoms with Gasteiger partial charge in [0.25, 0.3) is 0 Å². The van der Waals surface area contributed by atoms with E-state index in [0.29, 0.717) is 12.6 Å². The predicted molar refractivity (Wildman–Crippen MR) is 83.6 cm³/mol. The molecular weight excluding hydrogens is 286 g/mol. The average molecular weight is 306 g/mol. The van der Waals surface area contributed by atoms with Crippen LogP contribution in [0, 0.1) is 0 Å². The van der Waals surface area contributed by atoms with Crippen LogP contribution < -0.4 is 5.32 Å². The standard InChI is InChI=1S/C17H20ClNO2/c18-15-5-4-13-10-16(11-14(13)9-15)19-6-2-7-20-12-17-3-1-8-21-17/h1,3-5,8-9,16,19H,2,6-7,10-12H2. The van der Waals surface area contributed by atoms with Crippen molar-refractivity contribution in [1.29, 1.82) is 0 Å². The van der Waals surface area contributed by atoms with Crippen molar-refractivity contribution in [3.63, 3.8) is 0 Å². The molecule has 0 aliphatic heterocycles. The molecule has 0 saturated carbocycles. The summed E-state index contributed by atoms with van der Waals surface area (Å²) < 4.78 is 10.8. The maximum Gasteiger partial charge on any atom is 0.129 e. The van der Waals surface area contributed by atoms with Crippen molar-refractivity contribution in [2.24, 2.45) is 0 Å². The van der Waals surface area contributed by atoms with Crippen LogP contribution in [0.4, 0.5) is 0 Å². The molecule has 3 rings (SSSR count). The lowest BCUT2D eigenvalue weighted by Gasteiger charge is -2.11. The number of hydrogen-bond acceptors (Lipinski definition) is 3. The number of furan rings is 1. The highest BCUT2D eigenvalue weighted by Crippen LogP contribution is 2.25. The van der Waals surface area contributed by atoms with Gasteiger partial charge in [-0.1, -0.05) is 17.7 Å². The lowest BCUT2D eigenvalue weighted by molar-refractivity contribution is 0.103. The highest BCUT2D eigenvalue weighted by molar-refractivity contribution is 6.30. The van der Waals surface area contributed by atoms with E-state index >= 15 is 0 Å². The predicted octanol–water partition coefficient (Wildman–Crippen LogP) is 3.60. The van der Waals surface area contributed by atoms with Crippen molar-refractivity contribution in [3.05, 3.63) is 58.5 Å². The molecule has 0 spiro atoms. The molecule has 1 unspecified atom stereocenters. The van der Waals surface area contributed by atoms with Crippen LogP contribution in [0.1, 0.15) is 23.3 Å². The normalized spacial score (nSPS) is 17.1. The lowest BCUT2D eigenvalue weighted by atomic mass is 10.1. The van der Waals surface area contributed by atoms with E-state index in [0.717, 1.165) is 43.2 Å². The van der Waals surface area contributed by atoms with Gasteiger partial charge in [0.2, 0.25) is 0 Å². The van der Waals surface area contributed by atoms with Crippen LogP contribution in [0.2, 0.25) is 5.02 Å². The third kappa shape index (κ3) is 4.10. The Morgan fingerprint density at radius 3 is 3.00 bits per heavy atom. The molecule has 0 amide bonds. The lowest BCUT2D eigenvalue weighted by Crippen LogP contribution is -2.30. The first-order valence-electron chi connectivity index (χ1n) is 7.42. The average Bonchev–Trinajstić information content (AvgIpc) is 3.11. The Bertz CT molecular complexity index is 568. The highest BCUT2D eigenvalue weighted by Gasteiger charge is 2.20. The minimum absolute atomic E-state index is 0.531. The van der Waals surface area contributed by atoms with Crippen LogP contribution in [0.25, 0.3) is 0 Å². The summed E-state index contributed by atoms with van der Waals surface area (Å²) in [7, 11) is 0. The summed E-state index contributed by atoms with van der Waals surface area (Å²) in [5.41, 5.74) is 2.81. The summed E-state index contributed by atoms with van der Waals surface area (Å²) in [6.45, 7) is 2.28. The van der Waals surface area contributed by atoms with E-state index in [1.54, 1.807) is 6.26 Å². The Balaban J connectivity index is 1.30. The Labute approximate surface area is 130 Å². The Kier molecular flexibility index (Phi) is 4.96. The molecule has 0 radical (unpaired) electrons. The van der Waals surface area contributed by atoms with E-state index in [1.807, 2.05) is 18.2 Å². The molecular formula is C17H20ClNO2. The zero-order chi connectivity index (χ0) is 14.5. The summed E-state index contributed by atoms with van der Waals surface area (Å²) in [6.07, 6.45) is 4.85. The van der Waals surface area contributed by atoms with Crippen LogP contribution >= 0.6 is 11.6 Å². The van der Waals surface area contributed by atoms with Crippen LogP contribution in [0.5, 0.6) is 0 Å². The van der Waals surface area contributed by atoms with E-state index in [9.17, 15) is 0 Å². The van der Waals surface area contributed by atoms with Gasteiger partial charge in [-0.15, -0.1) is 0 Å². The second kappa shape index (κ2) is 7.12. The molecule has 0 fully saturated rings. The van der Waals surface area contributed by atoms with Crippen molar-refractivity contribution in [2.45, 2.75) is 31.9 Å². The van der Waals surface area contributed by atoms with Gasteiger partial charge in [-0.3, -0.25) is 0 Å². The zero-order valence-electron chi connectivity index (χ0n) is 12.0. The fourth-order valence-corrected chi connectivity index (χ4v) is 2.97. The van der Waals surface area contributed by atoms with Gasteiger partial charge < -0.3 is 14.5 Å². The van der Waals surface area contributed by atoms with Crippen LogP contribution in [-0.2, 0) is 24.2 Å². The van der Waals surface area contributed by atoms with E-state index in [-0.39, 0.29) is 0 Å². The fraction of sp³-hybridized carbons (Fsp3) is 0.412. The molecule has 0 bridgehead atoms. The summed E-state index contributed by atoms with van der Waals surface area (Å²) in [4.78, 5) is 0. The number of fused-ring (bicyclic) bond motifs is 1. The van der Waals surface area contributed by atoms with Crippen LogP contribution in [-0.4, -0.2) is 19.2 Å². The summed E-state index contributed by atoms with van der Waals surface area (Å²) in [6, 6.07) is 10.6. The minimum atomic E-state index is 0.531. The second-order valence-corrected chi connectivity index (χ2v) is 5.89. The summed E-state index contributed by atoms with van der Waals surface area (Å²) >= 11 is 6.03. The van der Waals surface area contributed by atoms with Crippen molar-refractivity contribution >= 4 is 11.6 Å². The molecule has 1 aliphatic carbocycles. The number of ether oxygens (including phenoxy) is 1. The molecule has 3 nitrogen and oxygen atoms in total. The molecule has 1 atom stereocenters. The van der Waals surface area contributed by atoms with Gasteiger partial charge in [0, 0.05) is 17.7 Å². The van der Waals surface area contributed by atoms with E-state index in [4.69, 9.17) is 20.8 Å². The first-order chi connectivity index (χ1) is 10.3. The van der Waals surface area contributed by atoms with Gasteiger partial charge in [0.1, 0.15) is 12.4 Å². The van der Waals surface area contributed by atoms with Crippen molar-refractivity contribution in [1.82, 2.24) is 5.32 Å². The molecule has 0 saturated heterocycles. The molecule has 1 N–H and O–H groups in total. The van der Waals surface area contributed by atoms with Crippen molar-refractivity contribution in [3.8, 4) is 0 Å². The zero-order valence-corrected chi connectivity index (χ0v) is 12.7. The molecule has 112 valence electrons. The number of hydrogen-bond donors (Lipinski definition) is 1. The van der Waals surface area contributed by atoms with Gasteiger partial charge in [0.15, 0.2) is 0 Å². The molecule has 2 aromatic rings. The Morgan fingerprint density at radius 1 is 1.24 bits per heavy atom. The number of rotatable bonds is 7. The number of nitrogens with one attached hydrogen (secondary N) is 1. The number of halogens is 1. The molecule has 21 heavy (non-hydrogen) atoms. The molecule has 1 aliphatic rings. The third-order valence-corrected chi connectivity index (χ3v) is 4.06. The summed E-state index contributed by atoms with van der Waals surface area (Å²) in [5, 5.41) is 4.43. The maximum atomic E-state index is 6.03. The number of benzene rings is 1. The Morgan fingerprint density at radius 2 is 2.14 bits per heavy atom. The van der Waals surface area contributed by atoms with E-state index in [2.05, 4.69) is 17.4 Å². The van der Waals surface area contributed by atoms with Gasteiger partial charge in [-0.05, 0) is 61.2 Å². The topological polar surface area (TPSA) is 34.4 Å².